The summed E-state index contributed by atoms with van der Waals surface area (Å²) in [6, 6.07) is 11.1. The summed E-state index contributed by atoms with van der Waals surface area (Å²) in [6.07, 6.45) is 5.52. The van der Waals surface area contributed by atoms with Crippen molar-refractivity contribution in [3.05, 3.63) is 70.2 Å². The molecule has 4 rings (SSSR count). The minimum absolute atomic E-state index is 0.0206. The second-order valence-electron chi connectivity index (χ2n) is 8.22. The average Bonchev–Trinajstić information content (AvgIpc) is 3.51. The van der Waals surface area contributed by atoms with Crippen molar-refractivity contribution >= 4 is 39.9 Å². The number of hydrogen-bond acceptors (Lipinski definition) is 6. The first-order valence-electron chi connectivity index (χ1n) is 11.0. The molecule has 0 radical (unpaired) electrons. The van der Waals surface area contributed by atoms with E-state index in [2.05, 4.69) is 15.6 Å². The third kappa shape index (κ3) is 5.79. The summed E-state index contributed by atoms with van der Waals surface area (Å²) in [7, 11) is 0. The molecule has 0 bridgehead atoms. The highest BCUT2D eigenvalue weighted by molar-refractivity contribution is 7.15. The molecule has 0 unspecified atom stereocenters. The molecule has 9 heteroatoms. The summed E-state index contributed by atoms with van der Waals surface area (Å²) in [5, 5.41) is 14.8. The lowest BCUT2D eigenvalue weighted by Gasteiger charge is -2.14. The number of carboxylic acids is 1. The number of anilines is 2. The van der Waals surface area contributed by atoms with Gasteiger partial charge >= 0.3 is 12.0 Å². The van der Waals surface area contributed by atoms with Crippen LogP contribution in [0.25, 0.3) is 0 Å². The van der Waals surface area contributed by atoms with E-state index in [9.17, 15) is 14.4 Å². The van der Waals surface area contributed by atoms with E-state index in [4.69, 9.17) is 9.84 Å². The summed E-state index contributed by atoms with van der Waals surface area (Å²) >= 11 is 1.26. The first kappa shape index (κ1) is 23.4. The van der Waals surface area contributed by atoms with Gasteiger partial charge in [0.15, 0.2) is 10.9 Å². The molecule has 1 aliphatic carbocycles. The highest BCUT2D eigenvalue weighted by Gasteiger charge is 2.26. The fourth-order valence-electron chi connectivity index (χ4n) is 3.91. The summed E-state index contributed by atoms with van der Waals surface area (Å²) in [4.78, 5) is 41.5. The average molecular weight is 480 g/mol. The quantitative estimate of drug-likeness (QED) is 0.354. The predicted octanol–water partition coefficient (Wildman–Crippen LogP) is 5.75. The largest absolute Gasteiger partial charge is 0.488 e. The van der Waals surface area contributed by atoms with Crippen LogP contribution in [0.15, 0.2) is 48.7 Å². The van der Waals surface area contributed by atoms with Crippen LogP contribution in [-0.4, -0.2) is 27.9 Å². The molecule has 1 saturated carbocycles. The zero-order chi connectivity index (χ0) is 24.1. The standard InChI is InChI=1S/C25H25N3O5S/c1-15-6-11-21(20(12-15)22(29)16-4-2-3-5-16)27-24(32)28-25-26-13-19(34-25)14-33-18-9-7-17(8-10-18)23(30)31/h6-13,16H,2-5,14H2,1H3,(H,30,31)(H2,26,27,28,32). The van der Waals surface area contributed by atoms with Gasteiger partial charge in [0.25, 0.3) is 0 Å². The lowest BCUT2D eigenvalue weighted by molar-refractivity contribution is 0.0696. The zero-order valence-electron chi connectivity index (χ0n) is 18.7. The number of aromatic nitrogens is 1. The number of carboxylic acid groups (broad SMARTS) is 1. The number of aryl methyl sites for hydroxylation is 1. The molecule has 2 amide bonds. The maximum Gasteiger partial charge on any atom is 0.335 e. The summed E-state index contributed by atoms with van der Waals surface area (Å²) in [6.45, 7) is 2.15. The molecule has 2 aromatic carbocycles. The number of carbonyl (C=O) groups excluding carboxylic acids is 2. The minimum atomic E-state index is -0.997. The van der Waals surface area contributed by atoms with E-state index in [-0.39, 0.29) is 23.9 Å². The Balaban J connectivity index is 1.35. The number of amides is 2. The SMILES string of the molecule is Cc1ccc(NC(=O)Nc2ncc(COc3ccc(C(=O)O)cc3)s2)c(C(=O)C2CCCC2)c1. The van der Waals surface area contributed by atoms with Gasteiger partial charge < -0.3 is 15.2 Å². The normalized spacial score (nSPS) is 13.4. The van der Waals surface area contributed by atoms with Gasteiger partial charge in [-0.1, -0.05) is 35.8 Å². The monoisotopic (exact) mass is 479 g/mol. The molecular formula is C25H25N3O5S. The lowest BCUT2D eigenvalue weighted by atomic mass is 9.94. The van der Waals surface area contributed by atoms with Gasteiger partial charge in [0.2, 0.25) is 0 Å². The molecule has 0 atom stereocenters. The second kappa shape index (κ2) is 10.5. The fraction of sp³-hybridized carbons (Fsp3) is 0.280. The maximum atomic E-state index is 13.0. The number of carbonyl (C=O) groups is 3. The number of hydrogen-bond donors (Lipinski definition) is 3. The van der Waals surface area contributed by atoms with Crippen LogP contribution in [0.1, 0.15) is 56.8 Å². The van der Waals surface area contributed by atoms with E-state index in [0.29, 0.717) is 22.1 Å². The Morgan fingerprint density at radius 1 is 1.09 bits per heavy atom. The van der Waals surface area contributed by atoms with Crippen LogP contribution in [0, 0.1) is 12.8 Å². The van der Waals surface area contributed by atoms with E-state index >= 15 is 0 Å². The van der Waals surface area contributed by atoms with Crippen molar-refractivity contribution < 1.29 is 24.2 Å². The molecule has 0 spiro atoms. The summed E-state index contributed by atoms with van der Waals surface area (Å²) in [5.41, 5.74) is 2.19. The maximum absolute atomic E-state index is 13.0. The van der Waals surface area contributed by atoms with Crippen molar-refractivity contribution in [2.24, 2.45) is 5.92 Å². The molecule has 34 heavy (non-hydrogen) atoms. The molecule has 1 aliphatic rings. The van der Waals surface area contributed by atoms with Crippen LogP contribution in [-0.2, 0) is 6.61 Å². The molecule has 176 valence electrons. The number of nitrogens with one attached hydrogen (secondary N) is 2. The molecule has 0 aliphatic heterocycles. The number of ether oxygens (including phenoxy) is 1. The van der Waals surface area contributed by atoms with Crippen molar-refractivity contribution in [1.82, 2.24) is 4.98 Å². The molecule has 1 heterocycles. The molecular weight excluding hydrogens is 454 g/mol. The topological polar surface area (TPSA) is 118 Å². The molecule has 1 fully saturated rings. The second-order valence-corrected chi connectivity index (χ2v) is 9.34. The first-order valence-corrected chi connectivity index (χ1v) is 11.8. The Kier molecular flexibility index (Phi) is 7.22. The van der Waals surface area contributed by atoms with Gasteiger partial charge in [-0.05, 0) is 56.2 Å². The number of rotatable bonds is 8. The van der Waals surface area contributed by atoms with E-state index in [0.717, 1.165) is 36.1 Å². The minimum Gasteiger partial charge on any atom is -0.488 e. The molecule has 0 saturated heterocycles. The predicted molar refractivity (Wildman–Crippen MR) is 130 cm³/mol. The van der Waals surface area contributed by atoms with Crippen LogP contribution < -0.4 is 15.4 Å². The van der Waals surface area contributed by atoms with Gasteiger partial charge in [-0.15, -0.1) is 0 Å². The summed E-state index contributed by atoms with van der Waals surface area (Å²) < 4.78 is 5.65. The van der Waals surface area contributed by atoms with E-state index in [1.807, 2.05) is 19.1 Å². The van der Waals surface area contributed by atoms with Crippen LogP contribution >= 0.6 is 11.3 Å². The third-order valence-electron chi connectivity index (χ3n) is 5.67. The Bertz CT molecular complexity index is 1200. The number of urea groups is 1. The fourth-order valence-corrected chi connectivity index (χ4v) is 4.63. The van der Waals surface area contributed by atoms with Crippen molar-refractivity contribution in [2.75, 3.05) is 10.6 Å². The van der Waals surface area contributed by atoms with Crippen LogP contribution in [0.4, 0.5) is 15.6 Å². The number of ketones is 1. The molecule has 3 N–H and O–H groups in total. The molecule has 8 nitrogen and oxygen atoms in total. The Hall–Kier alpha value is -3.72. The third-order valence-corrected chi connectivity index (χ3v) is 6.56. The smallest absolute Gasteiger partial charge is 0.335 e. The van der Waals surface area contributed by atoms with Crippen LogP contribution in [0.5, 0.6) is 5.75 Å². The number of nitrogens with zero attached hydrogens (tertiary/aromatic N) is 1. The highest BCUT2D eigenvalue weighted by atomic mass is 32.1. The Morgan fingerprint density at radius 3 is 2.53 bits per heavy atom. The van der Waals surface area contributed by atoms with Crippen LogP contribution in [0.2, 0.25) is 0 Å². The molecule has 1 aromatic heterocycles. The number of benzene rings is 2. The number of Topliss-reactive ketones (excluding diaryl/α,β-unsaturated/α-hetero) is 1. The van der Waals surface area contributed by atoms with E-state index in [1.54, 1.807) is 24.4 Å². The van der Waals surface area contributed by atoms with Gasteiger partial charge in [0.05, 0.1) is 16.1 Å². The van der Waals surface area contributed by atoms with Gasteiger partial charge in [-0.2, -0.15) is 0 Å². The first-order chi connectivity index (χ1) is 16.4. The zero-order valence-corrected chi connectivity index (χ0v) is 19.5. The van der Waals surface area contributed by atoms with E-state index in [1.165, 1.54) is 23.5 Å². The number of aromatic carboxylic acids is 1. The van der Waals surface area contributed by atoms with Crippen LogP contribution in [0.3, 0.4) is 0 Å². The van der Waals surface area contributed by atoms with Gasteiger partial charge in [-0.3, -0.25) is 10.1 Å². The van der Waals surface area contributed by atoms with E-state index < -0.39 is 12.0 Å². The highest BCUT2D eigenvalue weighted by Crippen LogP contribution is 2.31. The van der Waals surface area contributed by atoms with Gasteiger partial charge in [0.1, 0.15) is 12.4 Å². The van der Waals surface area contributed by atoms with Crippen molar-refractivity contribution in [2.45, 2.75) is 39.2 Å². The molecule has 3 aromatic rings. The van der Waals surface area contributed by atoms with Crippen molar-refractivity contribution in [3.63, 3.8) is 0 Å². The lowest BCUT2D eigenvalue weighted by Crippen LogP contribution is -2.22. The Morgan fingerprint density at radius 2 is 1.82 bits per heavy atom. The van der Waals surface area contributed by atoms with Crippen molar-refractivity contribution in [3.8, 4) is 5.75 Å². The Labute approximate surface area is 201 Å². The summed E-state index contributed by atoms with van der Waals surface area (Å²) in [5.74, 6) is -0.359. The van der Waals surface area contributed by atoms with Crippen molar-refractivity contribution in [1.29, 1.82) is 0 Å². The van der Waals surface area contributed by atoms with Gasteiger partial charge in [0, 0.05) is 17.7 Å². The number of thiazole rings is 1. The van der Waals surface area contributed by atoms with Gasteiger partial charge in [-0.25, -0.2) is 14.6 Å².